The molecule has 1 aliphatic rings. The van der Waals surface area contributed by atoms with E-state index < -0.39 is 0 Å². The molecule has 0 unspecified atom stereocenters. The summed E-state index contributed by atoms with van der Waals surface area (Å²) in [4.78, 5) is 0. The topological polar surface area (TPSA) is 51.1 Å². The van der Waals surface area contributed by atoms with Crippen molar-refractivity contribution >= 4 is 32.7 Å². The lowest BCUT2D eigenvalue weighted by Crippen LogP contribution is -2.16. The van der Waals surface area contributed by atoms with Crippen molar-refractivity contribution in [1.29, 1.82) is 0 Å². The summed E-state index contributed by atoms with van der Waals surface area (Å²) in [7, 11) is 0. The van der Waals surface area contributed by atoms with Crippen LogP contribution in [0.5, 0.6) is 11.5 Å². The van der Waals surface area contributed by atoms with Gasteiger partial charge in [0.25, 0.3) is 0 Å². The summed E-state index contributed by atoms with van der Waals surface area (Å²) < 4.78 is 11.5. The fourth-order valence-corrected chi connectivity index (χ4v) is 1.95. The van der Waals surface area contributed by atoms with Gasteiger partial charge in [0.1, 0.15) is 13.2 Å². The molecule has 0 aromatic heterocycles. The molecule has 6 heteroatoms. The van der Waals surface area contributed by atoms with Gasteiger partial charge in [0, 0.05) is 5.56 Å². The zero-order valence-electron chi connectivity index (χ0n) is 7.54. The Kier molecular flexibility index (Phi) is 3.02. The molecule has 0 atom stereocenters. The van der Waals surface area contributed by atoms with Crippen molar-refractivity contribution in [2.75, 3.05) is 13.2 Å². The fraction of sp³-hybridized carbons (Fsp3) is 0.222. The number of fused-ring (bicyclic) bond motifs is 1. The van der Waals surface area contributed by atoms with Crippen molar-refractivity contribution in [3.05, 3.63) is 22.2 Å². The minimum absolute atomic E-state index is 0.00711. The highest BCUT2D eigenvalue weighted by Gasteiger charge is 2.17. The van der Waals surface area contributed by atoms with E-state index in [9.17, 15) is 0 Å². The molecule has 0 bridgehead atoms. The van der Waals surface area contributed by atoms with Crippen molar-refractivity contribution < 1.29 is 14.7 Å². The molecule has 1 aromatic carbocycles. The number of ether oxygens (including phenoxy) is 2. The van der Waals surface area contributed by atoms with Crippen LogP contribution >= 0.6 is 27.5 Å². The number of hydrogen-bond acceptors (Lipinski definition) is 4. The molecule has 0 radical (unpaired) electrons. The number of benzene rings is 1. The largest absolute Gasteiger partial charge is 0.486 e. The van der Waals surface area contributed by atoms with Gasteiger partial charge in [-0.2, -0.15) is 0 Å². The van der Waals surface area contributed by atoms with E-state index in [-0.39, 0.29) is 5.17 Å². The molecule has 1 heterocycles. The van der Waals surface area contributed by atoms with Crippen molar-refractivity contribution in [3.63, 3.8) is 0 Å². The predicted octanol–water partition coefficient (Wildman–Crippen LogP) is 2.59. The Morgan fingerprint density at radius 2 is 2.13 bits per heavy atom. The van der Waals surface area contributed by atoms with Crippen molar-refractivity contribution in [1.82, 2.24) is 0 Å². The normalized spacial score (nSPS) is 15.2. The maximum absolute atomic E-state index is 8.55. The molecule has 1 N–H and O–H groups in total. The van der Waals surface area contributed by atoms with Crippen LogP contribution in [0.1, 0.15) is 5.56 Å². The minimum atomic E-state index is 0.00711. The zero-order valence-corrected chi connectivity index (χ0v) is 9.88. The van der Waals surface area contributed by atoms with Crippen LogP contribution in [0.4, 0.5) is 0 Å². The summed E-state index contributed by atoms with van der Waals surface area (Å²) >= 11 is 9.02. The first-order valence-electron chi connectivity index (χ1n) is 4.19. The maximum atomic E-state index is 8.55. The van der Waals surface area contributed by atoms with E-state index in [0.29, 0.717) is 30.3 Å². The number of oxime groups is 1. The Balaban J connectivity index is 2.49. The van der Waals surface area contributed by atoms with Gasteiger partial charge in [0.2, 0.25) is 0 Å². The number of nitrogens with zero attached hydrogens (tertiary/aromatic N) is 1. The highest BCUT2D eigenvalue weighted by atomic mass is 79.9. The summed E-state index contributed by atoms with van der Waals surface area (Å²) in [5.41, 5.74) is 0.565. The molecule has 0 saturated heterocycles. The van der Waals surface area contributed by atoms with Crippen LogP contribution in [0.3, 0.4) is 0 Å². The maximum Gasteiger partial charge on any atom is 0.175 e. The van der Waals surface area contributed by atoms with Crippen LogP contribution in [-0.2, 0) is 0 Å². The molecule has 1 aliphatic heterocycles. The fourth-order valence-electron chi connectivity index (χ4n) is 1.29. The van der Waals surface area contributed by atoms with Crippen molar-refractivity contribution in [2.45, 2.75) is 0 Å². The Hall–Kier alpha value is -0.940. The van der Waals surface area contributed by atoms with Crippen molar-refractivity contribution in [2.24, 2.45) is 5.16 Å². The number of halogens is 2. The van der Waals surface area contributed by atoms with Gasteiger partial charge < -0.3 is 14.7 Å². The van der Waals surface area contributed by atoms with E-state index in [0.717, 1.165) is 4.47 Å². The molecule has 0 aliphatic carbocycles. The lowest BCUT2D eigenvalue weighted by Gasteiger charge is -2.20. The standard InChI is InChI=1S/C9H7BrClNO3/c10-6-3-5(9(11)12-13)4-7-8(6)15-2-1-14-7/h3-4,13H,1-2H2/b12-9+. The molecule has 0 fully saturated rings. The zero-order chi connectivity index (χ0) is 10.8. The second-order valence-corrected chi connectivity index (χ2v) is 4.09. The van der Waals surface area contributed by atoms with Gasteiger partial charge in [-0.05, 0) is 28.1 Å². The summed E-state index contributed by atoms with van der Waals surface area (Å²) in [6.45, 7) is 1.02. The predicted molar refractivity (Wildman–Crippen MR) is 59.3 cm³/mol. The molecule has 4 nitrogen and oxygen atoms in total. The average molecular weight is 293 g/mol. The molecule has 2 rings (SSSR count). The van der Waals surface area contributed by atoms with Gasteiger partial charge in [-0.15, -0.1) is 0 Å². The van der Waals surface area contributed by atoms with Crippen LogP contribution in [-0.4, -0.2) is 23.6 Å². The van der Waals surface area contributed by atoms with Gasteiger partial charge in [0.05, 0.1) is 4.47 Å². The number of hydrogen-bond donors (Lipinski definition) is 1. The summed E-state index contributed by atoms with van der Waals surface area (Å²) in [6.07, 6.45) is 0. The lowest BCUT2D eigenvalue weighted by molar-refractivity contribution is 0.170. The third kappa shape index (κ3) is 2.03. The molecule has 15 heavy (non-hydrogen) atoms. The van der Waals surface area contributed by atoms with Crippen LogP contribution in [0.15, 0.2) is 21.8 Å². The van der Waals surface area contributed by atoms with Gasteiger partial charge in [-0.25, -0.2) is 0 Å². The summed E-state index contributed by atoms with van der Waals surface area (Å²) in [6, 6.07) is 3.37. The second-order valence-electron chi connectivity index (χ2n) is 2.87. The Morgan fingerprint density at radius 3 is 2.87 bits per heavy atom. The Morgan fingerprint density at radius 1 is 1.40 bits per heavy atom. The average Bonchev–Trinajstić information content (AvgIpc) is 2.28. The van der Waals surface area contributed by atoms with Gasteiger partial charge in [0.15, 0.2) is 16.7 Å². The summed E-state index contributed by atoms with van der Waals surface area (Å²) in [5.74, 6) is 1.24. The van der Waals surface area contributed by atoms with Crippen LogP contribution < -0.4 is 9.47 Å². The highest BCUT2D eigenvalue weighted by molar-refractivity contribution is 9.10. The molecular weight excluding hydrogens is 285 g/mol. The Labute approximate surface area is 99.6 Å². The third-order valence-corrected chi connectivity index (χ3v) is 2.81. The lowest BCUT2D eigenvalue weighted by atomic mass is 10.2. The van der Waals surface area contributed by atoms with Crippen LogP contribution in [0, 0.1) is 0 Å². The van der Waals surface area contributed by atoms with Gasteiger partial charge in [-0.3, -0.25) is 0 Å². The first kappa shape index (κ1) is 10.6. The monoisotopic (exact) mass is 291 g/mol. The first-order valence-corrected chi connectivity index (χ1v) is 5.36. The van der Waals surface area contributed by atoms with E-state index in [2.05, 4.69) is 21.1 Å². The molecule has 80 valence electrons. The van der Waals surface area contributed by atoms with Gasteiger partial charge >= 0.3 is 0 Å². The van der Waals surface area contributed by atoms with E-state index in [1.807, 2.05) is 0 Å². The molecular formula is C9H7BrClNO3. The molecule has 0 saturated carbocycles. The second kappa shape index (κ2) is 4.28. The van der Waals surface area contributed by atoms with Crippen molar-refractivity contribution in [3.8, 4) is 11.5 Å². The highest BCUT2D eigenvalue weighted by Crippen LogP contribution is 2.38. The quantitative estimate of drug-likeness (QED) is 0.492. The Bertz CT molecular complexity index is 422. The molecule has 1 aromatic rings. The van der Waals surface area contributed by atoms with E-state index >= 15 is 0 Å². The van der Waals surface area contributed by atoms with Gasteiger partial charge in [-0.1, -0.05) is 16.8 Å². The minimum Gasteiger partial charge on any atom is -0.486 e. The number of rotatable bonds is 1. The first-order chi connectivity index (χ1) is 7.22. The smallest absolute Gasteiger partial charge is 0.175 e. The van der Waals surface area contributed by atoms with E-state index in [4.69, 9.17) is 26.3 Å². The molecule has 0 spiro atoms. The molecule has 0 amide bonds. The van der Waals surface area contributed by atoms with Crippen LogP contribution in [0.25, 0.3) is 0 Å². The SMILES string of the molecule is O/N=C(/Cl)c1cc(Br)c2c(c1)OCCO2. The van der Waals surface area contributed by atoms with E-state index in [1.165, 1.54) is 0 Å². The van der Waals surface area contributed by atoms with Crippen LogP contribution in [0.2, 0.25) is 0 Å². The third-order valence-electron chi connectivity index (χ3n) is 1.92. The summed E-state index contributed by atoms with van der Waals surface area (Å²) in [5, 5.41) is 11.5. The van der Waals surface area contributed by atoms with E-state index in [1.54, 1.807) is 12.1 Å².